The number of para-hydroxylation sites is 1. The summed E-state index contributed by atoms with van der Waals surface area (Å²) in [7, 11) is 0. The lowest BCUT2D eigenvalue weighted by atomic mass is 9.88. The van der Waals surface area contributed by atoms with Gasteiger partial charge in [0.15, 0.2) is 0 Å². The number of benzene rings is 1. The number of hydrogen-bond donors (Lipinski definition) is 1. The van der Waals surface area contributed by atoms with Gasteiger partial charge in [0.1, 0.15) is 0 Å². The highest BCUT2D eigenvalue weighted by atomic mass is 15.2. The smallest absolute Gasteiger partial charge is 0.0456 e. The summed E-state index contributed by atoms with van der Waals surface area (Å²) in [6, 6.07) is 9.42. The third kappa shape index (κ3) is 2.53. The molecule has 0 amide bonds. The van der Waals surface area contributed by atoms with Gasteiger partial charge in [-0.05, 0) is 62.7 Å². The zero-order chi connectivity index (χ0) is 14.1. The summed E-state index contributed by atoms with van der Waals surface area (Å²) in [6.07, 6.45) is 13.7. The van der Waals surface area contributed by atoms with E-state index in [0.717, 1.165) is 5.92 Å². The lowest BCUT2D eigenvalue weighted by Gasteiger charge is -2.37. The number of nitrogens with zero attached hydrogens (tertiary/aromatic N) is 1. The Morgan fingerprint density at radius 2 is 1.90 bits per heavy atom. The first-order chi connectivity index (χ1) is 10.4. The molecular weight excluding hydrogens is 256 g/mol. The monoisotopic (exact) mass is 280 g/mol. The number of fused-ring (bicyclic) bond motifs is 1. The number of nitrogens with one attached hydrogen (secondary N) is 1. The third-order valence-electron chi connectivity index (χ3n) is 5.29. The summed E-state index contributed by atoms with van der Waals surface area (Å²) in [6.45, 7) is 2.50. The van der Waals surface area contributed by atoms with E-state index in [4.69, 9.17) is 0 Å². The van der Waals surface area contributed by atoms with E-state index >= 15 is 0 Å². The molecule has 2 nitrogen and oxygen atoms in total. The predicted octanol–water partition coefficient (Wildman–Crippen LogP) is 4.46. The molecule has 1 unspecified atom stereocenters. The predicted molar refractivity (Wildman–Crippen MR) is 88.6 cm³/mol. The molecule has 1 fully saturated rings. The molecule has 2 heterocycles. The Bertz CT molecular complexity index is 632. The van der Waals surface area contributed by atoms with Gasteiger partial charge < -0.3 is 4.98 Å². The number of aromatic amines is 1. The normalized spacial score (nSPS) is 24.7. The minimum absolute atomic E-state index is 0.711. The van der Waals surface area contributed by atoms with E-state index in [1.807, 2.05) is 0 Å². The highest BCUT2D eigenvalue weighted by Gasteiger charge is 2.26. The zero-order valence-electron chi connectivity index (χ0n) is 12.6. The molecule has 1 aromatic carbocycles. The fraction of sp³-hybridized carbons (Fsp3) is 0.474. The van der Waals surface area contributed by atoms with Crippen LogP contribution in [-0.4, -0.2) is 29.0 Å². The number of aromatic nitrogens is 1. The fourth-order valence-electron chi connectivity index (χ4n) is 4.07. The Hall–Kier alpha value is -1.54. The summed E-state index contributed by atoms with van der Waals surface area (Å²) in [5.41, 5.74) is 2.81. The Morgan fingerprint density at radius 1 is 1.05 bits per heavy atom. The van der Waals surface area contributed by atoms with Crippen molar-refractivity contribution in [3.63, 3.8) is 0 Å². The van der Waals surface area contributed by atoms with Crippen molar-refractivity contribution in [2.45, 2.75) is 44.1 Å². The van der Waals surface area contributed by atoms with E-state index in [1.54, 1.807) is 0 Å². The largest absolute Gasteiger partial charge is 0.361 e. The molecule has 4 rings (SSSR count). The molecule has 0 spiro atoms. The van der Waals surface area contributed by atoms with Crippen LogP contribution in [0, 0.1) is 0 Å². The van der Waals surface area contributed by atoms with Crippen LogP contribution in [0.25, 0.3) is 10.9 Å². The van der Waals surface area contributed by atoms with Gasteiger partial charge in [0.25, 0.3) is 0 Å². The van der Waals surface area contributed by atoms with E-state index in [0.29, 0.717) is 6.04 Å². The van der Waals surface area contributed by atoms with E-state index in [-0.39, 0.29) is 0 Å². The maximum Gasteiger partial charge on any atom is 0.0456 e. The SMILES string of the molecule is C1=CC(N2CCC(c3c[nH]c4ccccc34)CC2)CCC1. The van der Waals surface area contributed by atoms with Crippen LogP contribution >= 0.6 is 0 Å². The molecule has 1 saturated heterocycles. The summed E-state index contributed by atoms with van der Waals surface area (Å²) in [5.74, 6) is 0.727. The van der Waals surface area contributed by atoms with E-state index in [9.17, 15) is 0 Å². The maximum absolute atomic E-state index is 3.44. The Morgan fingerprint density at radius 3 is 2.71 bits per heavy atom. The minimum Gasteiger partial charge on any atom is -0.361 e. The summed E-state index contributed by atoms with van der Waals surface area (Å²) in [4.78, 5) is 6.13. The number of allylic oxidation sites excluding steroid dienone is 1. The Labute approximate surface area is 126 Å². The second-order valence-electron chi connectivity index (χ2n) is 6.53. The van der Waals surface area contributed by atoms with Crippen LogP contribution in [0.5, 0.6) is 0 Å². The lowest BCUT2D eigenvalue weighted by molar-refractivity contribution is 0.167. The fourth-order valence-corrected chi connectivity index (χ4v) is 4.07. The first-order valence-electron chi connectivity index (χ1n) is 8.38. The van der Waals surface area contributed by atoms with Gasteiger partial charge in [0.2, 0.25) is 0 Å². The molecule has 21 heavy (non-hydrogen) atoms. The molecule has 2 aliphatic rings. The lowest BCUT2D eigenvalue weighted by Crippen LogP contribution is -2.40. The van der Waals surface area contributed by atoms with E-state index in [1.165, 1.54) is 61.7 Å². The maximum atomic E-state index is 3.44. The number of rotatable bonds is 2. The van der Waals surface area contributed by atoms with E-state index < -0.39 is 0 Å². The van der Waals surface area contributed by atoms with Crippen LogP contribution < -0.4 is 0 Å². The topological polar surface area (TPSA) is 19.0 Å². The van der Waals surface area contributed by atoms with Gasteiger partial charge in [-0.1, -0.05) is 30.4 Å². The molecule has 1 aromatic heterocycles. The molecule has 2 heteroatoms. The molecule has 0 radical (unpaired) electrons. The van der Waals surface area contributed by atoms with Crippen molar-refractivity contribution < 1.29 is 0 Å². The molecule has 1 N–H and O–H groups in total. The molecule has 0 bridgehead atoms. The average Bonchev–Trinajstić information content (AvgIpc) is 3.00. The summed E-state index contributed by atoms with van der Waals surface area (Å²) < 4.78 is 0. The number of H-pyrrole nitrogens is 1. The van der Waals surface area contributed by atoms with E-state index in [2.05, 4.69) is 52.5 Å². The van der Waals surface area contributed by atoms with Crippen molar-refractivity contribution in [3.05, 3.63) is 48.2 Å². The third-order valence-corrected chi connectivity index (χ3v) is 5.29. The first kappa shape index (κ1) is 13.1. The summed E-state index contributed by atoms with van der Waals surface area (Å²) >= 11 is 0. The molecule has 110 valence electrons. The minimum atomic E-state index is 0.711. The zero-order valence-corrected chi connectivity index (χ0v) is 12.6. The Kier molecular flexibility index (Phi) is 3.56. The van der Waals surface area contributed by atoms with Crippen molar-refractivity contribution in [2.75, 3.05) is 13.1 Å². The molecule has 1 atom stereocenters. The highest BCUT2D eigenvalue weighted by molar-refractivity contribution is 5.83. The quantitative estimate of drug-likeness (QED) is 0.805. The summed E-state index contributed by atoms with van der Waals surface area (Å²) in [5, 5.41) is 1.42. The van der Waals surface area contributed by atoms with Gasteiger partial charge in [-0.15, -0.1) is 0 Å². The average molecular weight is 280 g/mol. The van der Waals surface area contributed by atoms with Crippen molar-refractivity contribution in [2.24, 2.45) is 0 Å². The van der Waals surface area contributed by atoms with Crippen LogP contribution in [0.3, 0.4) is 0 Å². The molecular formula is C19H24N2. The van der Waals surface area contributed by atoms with Crippen molar-refractivity contribution in [1.82, 2.24) is 9.88 Å². The second kappa shape index (κ2) is 5.69. The van der Waals surface area contributed by atoms with Gasteiger partial charge in [0.05, 0.1) is 0 Å². The van der Waals surface area contributed by atoms with Crippen LogP contribution in [-0.2, 0) is 0 Å². The molecule has 2 aromatic rings. The Balaban J connectivity index is 1.47. The number of hydrogen-bond acceptors (Lipinski definition) is 1. The first-order valence-corrected chi connectivity index (χ1v) is 8.38. The van der Waals surface area contributed by atoms with Gasteiger partial charge in [-0.2, -0.15) is 0 Å². The van der Waals surface area contributed by atoms with Gasteiger partial charge in [0, 0.05) is 23.1 Å². The van der Waals surface area contributed by atoms with Crippen molar-refractivity contribution in [3.8, 4) is 0 Å². The van der Waals surface area contributed by atoms with Crippen LogP contribution in [0.1, 0.15) is 43.6 Å². The van der Waals surface area contributed by atoms with Crippen molar-refractivity contribution >= 4 is 10.9 Å². The van der Waals surface area contributed by atoms with Crippen LogP contribution in [0.4, 0.5) is 0 Å². The number of likely N-dealkylation sites (tertiary alicyclic amines) is 1. The second-order valence-corrected chi connectivity index (χ2v) is 6.53. The standard InChI is InChI=1S/C19H24N2/c1-2-6-16(7-3-1)21-12-10-15(11-13-21)18-14-20-19-9-5-4-8-17(18)19/h2,4-6,8-9,14-16,20H,1,3,7,10-13H2. The molecule has 1 aliphatic carbocycles. The van der Waals surface area contributed by atoms with Crippen molar-refractivity contribution in [1.29, 1.82) is 0 Å². The highest BCUT2D eigenvalue weighted by Crippen LogP contribution is 2.34. The van der Waals surface area contributed by atoms with Gasteiger partial charge in [-0.3, -0.25) is 4.90 Å². The number of piperidine rings is 1. The molecule has 0 saturated carbocycles. The molecule has 1 aliphatic heterocycles. The van der Waals surface area contributed by atoms with Crippen LogP contribution in [0.2, 0.25) is 0 Å². The van der Waals surface area contributed by atoms with Gasteiger partial charge in [-0.25, -0.2) is 0 Å². The van der Waals surface area contributed by atoms with Gasteiger partial charge >= 0.3 is 0 Å². The van der Waals surface area contributed by atoms with Crippen LogP contribution in [0.15, 0.2) is 42.6 Å².